The molecular formula is C13H19N5O2S. The van der Waals surface area contributed by atoms with E-state index in [-0.39, 0.29) is 10.9 Å². The first kappa shape index (κ1) is 14.3. The molecule has 3 heterocycles. The highest BCUT2D eigenvalue weighted by molar-refractivity contribution is 7.89. The van der Waals surface area contributed by atoms with Crippen LogP contribution < -0.4 is 0 Å². The fourth-order valence-electron chi connectivity index (χ4n) is 2.91. The van der Waals surface area contributed by atoms with Crippen molar-refractivity contribution in [3.63, 3.8) is 0 Å². The fraction of sp³-hybridized carbons (Fsp3) is 0.538. The van der Waals surface area contributed by atoms with Gasteiger partial charge < -0.3 is 0 Å². The van der Waals surface area contributed by atoms with Gasteiger partial charge in [-0.25, -0.2) is 8.42 Å². The van der Waals surface area contributed by atoms with Crippen LogP contribution >= 0.6 is 0 Å². The second kappa shape index (κ2) is 5.27. The molecule has 1 atom stereocenters. The van der Waals surface area contributed by atoms with Crippen LogP contribution in [0.1, 0.15) is 36.7 Å². The maximum Gasteiger partial charge on any atom is 0.247 e. The van der Waals surface area contributed by atoms with Crippen LogP contribution in [-0.4, -0.2) is 39.2 Å². The second-order valence-electron chi connectivity index (χ2n) is 5.39. The van der Waals surface area contributed by atoms with Crippen molar-refractivity contribution in [1.29, 1.82) is 0 Å². The Morgan fingerprint density at radius 3 is 2.81 bits per heavy atom. The molecule has 2 aromatic heterocycles. The molecule has 3 rings (SSSR count). The van der Waals surface area contributed by atoms with E-state index in [1.54, 1.807) is 30.7 Å². The number of piperidine rings is 1. The average Bonchev–Trinajstić information content (AvgIpc) is 3.08. The molecule has 0 radical (unpaired) electrons. The van der Waals surface area contributed by atoms with Crippen LogP contribution in [0.25, 0.3) is 0 Å². The van der Waals surface area contributed by atoms with E-state index in [1.165, 1.54) is 4.68 Å². The third-order valence-corrected chi connectivity index (χ3v) is 5.90. The standard InChI is InChI=1S/C13H19N5O2S/c1-10-13(9-17(2)16-10)21(19,20)18-8-4-3-5-12(18)11-6-7-14-15-11/h6-7,9,12H,3-5,8H2,1-2H3,(H,14,15). The number of rotatable bonds is 3. The first-order valence-corrected chi connectivity index (χ1v) is 8.45. The molecule has 1 aliphatic rings. The van der Waals surface area contributed by atoms with Gasteiger partial charge in [0.25, 0.3) is 0 Å². The van der Waals surface area contributed by atoms with Gasteiger partial charge in [0.2, 0.25) is 10.0 Å². The smallest absolute Gasteiger partial charge is 0.247 e. The normalized spacial score (nSPS) is 20.8. The summed E-state index contributed by atoms with van der Waals surface area (Å²) >= 11 is 0. The average molecular weight is 309 g/mol. The first-order valence-electron chi connectivity index (χ1n) is 7.01. The summed E-state index contributed by atoms with van der Waals surface area (Å²) in [4.78, 5) is 0.288. The van der Waals surface area contributed by atoms with Gasteiger partial charge in [-0.3, -0.25) is 9.78 Å². The Morgan fingerprint density at radius 1 is 1.38 bits per heavy atom. The maximum absolute atomic E-state index is 13.0. The van der Waals surface area contributed by atoms with E-state index in [2.05, 4.69) is 15.3 Å². The molecule has 21 heavy (non-hydrogen) atoms. The van der Waals surface area contributed by atoms with E-state index in [0.717, 1.165) is 25.0 Å². The van der Waals surface area contributed by atoms with Crippen LogP contribution in [0.5, 0.6) is 0 Å². The molecule has 0 amide bonds. The highest BCUT2D eigenvalue weighted by Crippen LogP contribution is 2.34. The zero-order valence-corrected chi connectivity index (χ0v) is 13.0. The Morgan fingerprint density at radius 2 is 2.19 bits per heavy atom. The molecule has 1 unspecified atom stereocenters. The van der Waals surface area contributed by atoms with Gasteiger partial charge in [-0.05, 0) is 25.8 Å². The van der Waals surface area contributed by atoms with Crippen molar-refractivity contribution in [2.75, 3.05) is 6.54 Å². The zero-order valence-electron chi connectivity index (χ0n) is 12.2. The van der Waals surface area contributed by atoms with Crippen molar-refractivity contribution in [3.8, 4) is 0 Å². The Kier molecular flexibility index (Phi) is 3.58. The van der Waals surface area contributed by atoms with Gasteiger partial charge in [0.15, 0.2) is 0 Å². The van der Waals surface area contributed by atoms with Crippen molar-refractivity contribution in [2.45, 2.75) is 37.1 Å². The van der Waals surface area contributed by atoms with Crippen molar-refractivity contribution in [2.24, 2.45) is 7.05 Å². The number of nitrogens with one attached hydrogen (secondary N) is 1. The van der Waals surface area contributed by atoms with Gasteiger partial charge in [-0.15, -0.1) is 0 Å². The summed E-state index contributed by atoms with van der Waals surface area (Å²) in [5.41, 5.74) is 1.38. The SMILES string of the molecule is Cc1nn(C)cc1S(=O)(=O)N1CCCCC1c1ccn[nH]1. The monoisotopic (exact) mass is 309 g/mol. The lowest BCUT2D eigenvalue weighted by Gasteiger charge is -2.33. The summed E-state index contributed by atoms with van der Waals surface area (Å²) in [6.45, 7) is 2.25. The van der Waals surface area contributed by atoms with Crippen LogP contribution in [0.4, 0.5) is 0 Å². The molecule has 0 aliphatic carbocycles. The van der Waals surface area contributed by atoms with Gasteiger partial charge in [0.1, 0.15) is 4.90 Å². The van der Waals surface area contributed by atoms with E-state index in [1.807, 2.05) is 6.07 Å². The Balaban J connectivity index is 2.01. The third-order valence-electron chi connectivity index (χ3n) is 3.89. The van der Waals surface area contributed by atoms with Crippen molar-refractivity contribution in [1.82, 2.24) is 24.3 Å². The molecule has 7 nitrogen and oxygen atoms in total. The first-order chi connectivity index (χ1) is 10.00. The largest absolute Gasteiger partial charge is 0.281 e. The number of aromatic amines is 1. The highest BCUT2D eigenvalue weighted by atomic mass is 32.2. The molecular weight excluding hydrogens is 290 g/mol. The Bertz CT molecular complexity index is 720. The van der Waals surface area contributed by atoms with Crippen molar-refractivity contribution >= 4 is 10.0 Å². The van der Waals surface area contributed by atoms with Crippen molar-refractivity contribution in [3.05, 3.63) is 29.8 Å². The predicted octanol–water partition coefficient (Wildman–Crippen LogP) is 1.37. The Labute approximate surface area is 124 Å². The lowest BCUT2D eigenvalue weighted by molar-refractivity contribution is 0.251. The van der Waals surface area contributed by atoms with E-state index in [0.29, 0.717) is 12.2 Å². The summed E-state index contributed by atoms with van der Waals surface area (Å²) in [5, 5.41) is 11.0. The molecule has 0 aromatic carbocycles. The van der Waals surface area contributed by atoms with Crippen LogP contribution in [0.2, 0.25) is 0 Å². The molecule has 114 valence electrons. The molecule has 1 saturated heterocycles. The van der Waals surface area contributed by atoms with Gasteiger partial charge in [0, 0.05) is 26.0 Å². The number of sulfonamides is 1. The molecule has 8 heteroatoms. The van der Waals surface area contributed by atoms with Gasteiger partial charge in [-0.2, -0.15) is 14.5 Å². The minimum Gasteiger partial charge on any atom is -0.281 e. The van der Waals surface area contributed by atoms with Crippen LogP contribution in [-0.2, 0) is 17.1 Å². The fourth-order valence-corrected chi connectivity index (χ4v) is 4.79. The number of aryl methyl sites for hydroxylation is 2. The highest BCUT2D eigenvalue weighted by Gasteiger charge is 2.36. The summed E-state index contributed by atoms with van der Waals surface area (Å²) in [5.74, 6) is 0. The summed E-state index contributed by atoms with van der Waals surface area (Å²) in [6, 6.07) is 1.67. The van der Waals surface area contributed by atoms with E-state index >= 15 is 0 Å². The molecule has 0 spiro atoms. The Hall–Kier alpha value is -1.67. The van der Waals surface area contributed by atoms with Gasteiger partial charge in [0.05, 0.1) is 17.4 Å². The lowest BCUT2D eigenvalue weighted by atomic mass is 10.0. The second-order valence-corrected chi connectivity index (χ2v) is 7.25. The van der Waals surface area contributed by atoms with E-state index < -0.39 is 10.0 Å². The number of H-pyrrole nitrogens is 1. The number of nitrogens with zero attached hydrogens (tertiary/aromatic N) is 4. The van der Waals surface area contributed by atoms with Gasteiger partial charge >= 0.3 is 0 Å². The molecule has 1 fully saturated rings. The number of hydrogen-bond acceptors (Lipinski definition) is 4. The lowest BCUT2D eigenvalue weighted by Crippen LogP contribution is -2.38. The summed E-state index contributed by atoms with van der Waals surface area (Å²) < 4.78 is 29.0. The number of hydrogen-bond donors (Lipinski definition) is 1. The molecule has 2 aromatic rings. The van der Waals surface area contributed by atoms with Crippen LogP contribution in [0, 0.1) is 6.92 Å². The van der Waals surface area contributed by atoms with Gasteiger partial charge in [-0.1, -0.05) is 6.42 Å². The molecule has 0 bridgehead atoms. The molecule has 0 saturated carbocycles. The minimum absolute atomic E-state index is 0.175. The van der Waals surface area contributed by atoms with E-state index in [4.69, 9.17) is 0 Å². The minimum atomic E-state index is -3.54. The zero-order chi connectivity index (χ0) is 15.0. The summed E-state index contributed by atoms with van der Waals surface area (Å²) in [6.07, 6.45) is 5.93. The van der Waals surface area contributed by atoms with E-state index in [9.17, 15) is 8.42 Å². The third kappa shape index (κ3) is 2.49. The van der Waals surface area contributed by atoms with Crippen LogP contribution in [0.15, 0.2) is 23.4 Å². The number of aromatic nitrogens is 4. The maximum atomic E-state index is 13.0. The topological polar surface area (TPSA) is 83.9 Å². The van der Waals surface area contributed by atoms with Crippen molar-refractivity contribution < 1.29 is 8.42 Å². The summed E-state index contributed by atoms with van der Waals surface area (Å²) in [7, 11) is -1.81. The molecule has 1 aliphatic heterocycles. The predicted molar refractivity (Wildman–Crippen MR) is 77.0 cm³/mol. The quantitative estimate of drug-likeness (QED) is 0.928. The van der Waals surface area contributed by atoms with Crippen LogP contribution in [0.3, 0.4) is 0 Å². The molecule has 1 N–H and O–H groups in total.